The van der Waals surface area contributed by atoms with Gasteiger partial charge in [-0.1, -0.05) is 35.3 Å². The van der Waals surface area contributed by atoms with Crippen LogP contribution in [0.3, 0.4) is 0 Å². The highest BCUT2D eigenvalue weighted by Crippen LogP contribution is 2.37. The maximum atomic E-state index is 14.9. The largest absolute Gasteiger partial charge is 0.337 e. The van der Waals surface area contributed by atoms with Crippen molar-refractivity contribution in [3.63, 3.8) is 0 Å². The molecule has 1 aromatic heterocycles. The number of hydrogen-bond donors (Lipinski definition) is 2. The number of benzene rings is 2. The van der Waals surface area contributed by atoms with Gasteiger partial charge in [-0.15, -0.1) is 0 Å². The third kappa shape index (κ3) is 5.00. The van der Waals surface area contributed by atoms with E-state index in [0.717, 1.165) is 6.42 Å². The molecule has 40 heavy (non-hydrogen) atoms. The lowest BCUT2D eigenvalue weighted by atomic mass is 9.90. The van der Waals surface area contributed by atoms with E-state index in [1.807, 2.05) is 0 Å². The Bertz CT molecular complexity index is 1620. The fourth-order valence-corrected chi connectivity index (χ4v) is 5.60. The number of nitrogens with two attached hydrogens (primary N) is 1. The number of aromatic nitrogens is 2. The molecule has 7 nitrogen and oxygen atoms in total. The molecule has 2 aromatic carbocycles. The van der Waals surface area contributed by atoms with Crippen LogP contribution >= 0.6 is 23.2 Å². The van der Waals surface area contributed by atoms with Gasteiger partial charge in [0.15, 0.2) is 0 Å². The highest BCUT2D eigenvalue weighted by Gasteiger charge is 2.30. The average Bonchev–Trinajstić information content (AvgIpc) is 3.30. The van der Waals surface area contributed by atoms with E-state index in [2.05, 4.69) is 15.3 Å². The summed E-state index contributed by atoms with van der Waals surface area (Å²) in [6.07, 6.45) is 3.66. The Labute approximate surface area is 239 Å². The topological polar surface area (TPSA) is 96.5 Å². The van der Waals surface area contributed by atoms with Crippen molar-refractivity contribution in [1.29, 1.82) is 0 Å². The van der Waals surface area contributed by atoms with Crippen molar-refractivity contribution >= 4 is 46.5 Å². The molecule has 2 unspecified atom stereocenters. The lowest BCUT2D eigenvalue weighted by molar-refractivity contribution is 0.0791. The van der Waals surface area contributed by atoms with Gasteiger partial charge >= 0.3 is 0 Å². The number of carbonyl (C=O) groups excluding carboxylic acids is 1. The summed E-state index contributed by atoms with van der Waals surface area (Å²) in [5.41, 5.74) is 9.42. The van der Waals surface area contributed by atoms with Crippen LogP contribution in [0, 0.1) is 0 Å². The molecule has 204 valence electrons. The van der Waals surface area contributed by atoms with Gasteiger partial charge in [0.1, 0.15) is 12.0 Å². The smallest absolute Gasteiger partial charge is 0.255 e. The van der Waals surface area contributed by atoms with Gasteiger partial charge in [-0.2, -0.15) is 0 Å². The fraction of sp³-hybridized carbons (Fsp3) is 0.241. The van der Waals surface area contributed by atoms with E-state index in [0.29, 0.717) is 56.8 Å². The second-order valence-electron chi connectivity index (χ2n) is 9.91. The Morgan fingerprint density at radius 1 is 1.15 bits per heavy atom. The van der Waals surface area contributed by atoms with Crippen molar-refractivity contribution in [1.82, 2.24) is 14.9 Å². The number of aliphatic imine (C=N–C) groups is 1. The number of halogens is 4. The third-order valence-corrected chi connectivity index (χ3v) is 7.71. The number of anilines is 2. The van der Waals surface area contributed by atoms with Gasteiger partial charge in [-0.25, -0.2) is 18.7 Å². The number of allylic oxidation sites excluding steroid dienone is 4. The van der Waals surface area contributed by atoms with Gasteiger partial charge in [-0.3, -0.25) is 9.79 Å². The van der Waals surface area contributed by atoms with Crippen LogP contribution in [0.4, 0.5) is 20.4 Å². The summed E-state index contributed by atoms with van der Waals surface area (Å²) in [5.74, 6) is -0.542. The molecule has 1 aliphatic carbocycles. The molecule has 3 aromatic rings. The zero-order chi connectivity index (χ0) is 28.0. The van der Waals surface area contributed by atoms with Gasteiger partial charge in [-0.05, 0) is 42.8 Å². The number of carbonyl (C=O) groups is 1. The van der Waals surface area contributed by atoms with Crippen LogP contribution in [0.5, 0.6) is 0 Å². The van der Waals surface area contributed by atoms with Crippen LogP contribution in [0.25, 0.3) is 11.3 Å². The molecule has 1 saturated heterocycles. The molecule has 2 atom stereocenters. The number of nitrogens with one attached hydrogen (secondary N) is 1. The van der Waals surface area contributed by atoms with Crippen molar-refractivity contribution in [3.8, 4) is 11.3 Å². The zero-order valence-electron chi connectivity index (χ0n) is 21.2. The Kier molecular flexibility index (Phi) is 7.12. The summed E-state index contributed by atoms with van der Waals surface area (Å²) in [5, 5.41) is 3.84. The highest BCUT2D eigenvalue weighted by atomic mass is 35.5. The predicted octanol–water partition coefficient (Wildman–Crippen LogP) is 6.19. The molecular formula is C29H24Cl2F2N6O. The second kappa shape index (κ2) is 10.7. The maximum absolute atomic E-state index is 14.9. The summed E-state index contributed by atoms with van der Waals surface area (Å²) in [6, 6.07) is 10.1. The van der Waals surface area contributed by atoms with E-state index in [9.17, 15) is 13.6 Å². The molecule has 6 rings (SSSR count). The van der Waals surface area contributed by atoms with Crippen molar-refractivity contribution in [3.05, 3.63) is 92.9 Å². The quantitative estimate of drug-likeness (QED) is 0.383. The van der Waals surface area contributed by atoms with Crippen molar-refractivity contribution in [2.45, 2.75) is 31.6 Å². The number of hydrogen-bond acceptors (Lipinski definition) is 6. The maximum Gasteiger partial charge on any atom is 0.255 e. The van der Waals surface area contributed by atoms with Crippen molar-refractivity contribution < 1.29 is 13.6 Å². The van der Waals surface area contributed by atoms with Crippen LogP contribution < -0.4 is 11.1 Å². The van der Waals surface area contributed by atoms with Crippen molar-refractivity contribution in [2.75, 3.05) is 18.4 Å². The van der Waals surface area contributed by atoms with Crippen LogP contribution in [0.2, 0.25) is 10.0 Å². The van der Waals surface area contributed by atoms with Crippen LogP contribution in [0.1, 0.15) is 34.3 Å². The molecular weight excluding hydrogens is 557 g/mol. The summed E-state index contributed by atoms with van der Waals surface area (Å²) < 4.78 is 29.7. The first-order valence-corrected chi connectivity index (χ1v) is 13.6. The fourth-order valence-electron chi connectivity index (χ4n) is 5.16. The van der Waals surface area contributed by atoms with E-state index in [1.54, 1.807) is 47.5 Å². The number of fused-ring (bicyclic) bond motifs is 3. The normalized spacial score (nSPS) is 20.1. The molecule has 3 heterocycles. The third-order valence-electron chi connectivity index (χ3n) is 7.16. The van der Waals surface area contributed by atoms with E-state index >= 15 is 0 Å². The lowest BCUT2D eigenvalue weighted by Crippen LogP contribution is -2.32. The first kappa shape index (κ1) is 26.6. The molecule has 1 fully saturated rings. The molecule has 0 saturated carbocycles. The number of rotatable bonds is 4. The van der Waals surface area contributed by atoms with Gasteiger partial charge in [0.05, 0.1) is 28.5 Å². The highest BCUT2D eigenvalue weighted by molar-refractivity contribution is 6.34. The summed E-state index contributed by atoms with van der Waals surface area (Å²) in [4.78, 5) is 28.3. The van der Waals surface area contributed by atoms with Gasteiger partial charge < -0.3 is 16.0 Å². The van der Waals surface area contributed by atoms with E-state index in [4.69, 9.17) is 33.9 Å². The molecule has 0 bridgehead atoms. The molecule has 0 radical (unpaired) electrons. The lowest BCUT2D eigenvalue weighted by Gasteiger charge is -2.19. The monoisotopic (exact) mass is 580 g/mol. The molecule has 1 amide bonds. The summed E-state index contributed by atoms with van der Waals surface area (Å²) in [6.45, 7) is 1.24. The van der Waals surface area contributed by atoms with Crippen molar-refractivity contribution in [2.24, 2.45) is 10.7 Å². The number of nitrogens with zero attached hydrogens (tertiary/aromatic N) is 4. The molecule has 3 N–H and O–H groups in total. The molecule has 2 aliphatic heterocycles. The standard InChI is InChI=1S/C29H24Cl2F2N6O/c30-16-4-6-19-21(10-16)27(25-23(32)2-1-3-24(25)33)35-12-15-13-36-29(38-26(15)19)37-18-5-7-20(22(31)11-18)28(40)39-9-8-17(34)14-39/h1-2,4-7,10-11,13,17,24H,3,8-9,12,14,34H2,(H,36,37,38). The van der Waals surface area contributed by atoms with Gasteiger partial charge in [0, 0.05) is 64.7 Å². The number of alkyl halides is 1. The Hall–Kier alpha value is -3.66. The Morgan fingerprint density at radius 3 is 2.75 bits per heavy atom. The van der Waals surface area contributed by atoms with E-state index < -0.39 is 12.0 Å². The number of amides is 1. The minimum atomic E-state index is -1.53. The zero-order valence-corrected chi connectivity index (χ0v) is 22.7. The molecule has 11 heteroatoms. The molecule has 0 spiro atoms. The van der Waals surface area contributed by atoms with Gasteiger partial charge in [0.25, 0.3) is 5.91 Å². The SMILES string of the molecule is NC1CCN(C(=O)c2ccc(Nc3ncc4c(n3)-c3ccc(Cl)cc3C(C3=C(F)C=CCC3F)=NC4)cc2Cl)C1. The van der Waals surface area contributed by atoms with Crippen LogP contribution in [-0.2, 0) is 6.54 Å². The first-order chi connectivity index (χ1) is 19.3. The first-order valence-electron chi connectivity index (χ1n) is 12.8. The minimum Gasteiger partial charge on any atom is -0.337 e. The molecule has 3 aliphatic rings. The second-order valence-corrected chi connectivity index (χ2v) is 10.8. The summed E-state index contributed by atoms with van der Waals surface area (Å²) >= 11 is 12.8. The minimum absolute atomic E-state index is 0.0229. The van der Waals surface area contributed by atoms with E-state index in [-0.39, 0.29) is 42.1 Å². The number of likely N-dealkylation sites (tertiary alicyclic amines) is 1. The van der Waals surface area contributed by atoms with E-state index in [1.165, 1.54) is 12.2 Å². The average molecular weight is 581 g/mol. The van der Waals surface area contributed by atoms with Gasteiger partial charge in [0.2, 0.25) is 5.95 Å². The Morgan fingerprint density at radius 2 is 2.00 bits per heavy atom. The summed E-state index contributed by atoms with van der Waals surface area (Å²) in [7, 11) is 0. The van der Waals surface area contributed by atoms with Crippen LogP contribution in [-0.4, -0.2) is 51.8 Å². The predicted molar refractivity (Wildman–Crippen MR) is 153 cm³/mol. The van der Waals surface area contributed by atoms with Crippen LogP contribution in [0.15, 0.2) is 71.1 Å². The Balaban J connectivity index is 1.32.